The molecule has 0 fully saturated rings. The molecule has 0 amide bonds. The fraction of sp³-hybridized carbons (Fsp3) is 1.00. The summed E-state index contributed by atoms with van der Waals surface area (Å²) in [6, 6.07) is 0. The van der Waals surface area contributed by atoms with Crippen molar-refractivity contribution in [1.29, 1.82) is 0 Å². The molecule has 0 aliphatic heterocycles. The minimum Gasteiger partial charge on any atom is -1.00 e. The molecule has 0 aromatic rings. The third kappa shape index (κ3) is 141. The summed E-state index contributed by atoms with van der Waals surface area (Å²) in [4.78, 5) is 2.38. The molecule has 10 nitrogen and oxygen atoms in total. The second kappa shape index (κ2) is 45.5. The van der Waals surface area contributed by atoms with Crippen molar-refractivity contribution in [3.05, 3.63) is 0 Å². The fourth-order valence-corrected chi connectivity index (χ4v) is 0.671. The average Bonchev–Trinajstić information content (AvgIpc) is 2.20. The third-order valence-electron chi connectivity index (χ3n) is 1.34. The number of nitrogens with zero attached hydrogens (tertiary/aromatic N) is 1. The van der Waals surface area contributed by atoms with E-state index in [0.29, 0.717) is 0 Å². The van der Waals surface area contributed by atoms with Crippen LogP contribution in [0, 0.1) is 0 Å². The molecule has 1 atom stereocenters. The van der Waals surface area contributed by atoms with Gasteiger partial charge in [0.15, 0.2) is 0 Å². The van der Waals surface area contributed by atoms with Gasteiger partial charge in [-0.25, -0.2) is 10.1 Å². The van der Waals surface area contributed by atoms with Crippen LogP contribution in [0.15, 0.2) is 0 Å². The standard InChI is InChI=1S/C6H15N.BrH.ClH.2K.H3NO.Na.H2O4S.H2O3S/c1-4-7(5-2)6-3;;;;;1-2;;1-5(2,3)4;1-4(2)3/h4-6H2,1-3H3;2*1H;;;2H,1H2;;(H2,1,2,3,4);(H2,1,2,3)/q;;;2*+1;;+1;;/p-3. The quantitative estimate of drug-likeness (QED) is 0.102. The topological polar surface area (TPSA) is 184 Å². The van der Waals surface area contributed by atoms with Crippen LogP contribution in [0.2, 0.25) is 0 Å². The van der Waals surface area contributed by atoms with E-state index in [4.69, 9.17) is 36.0 Å². The zero-order valence-electron chi connectivity index (χ0n) is 14.1. The van der Waals surface area contributed by atoms with Crippen LogP contribution in [0.4, 0.5) is 0 Å². The van der Waals surface area contributed by atoms with E-state index in [1.165, 1.54) is 19.6 Å². The second-order valence-electron chi connectivity index (χ2n) is 2.28. The Hall–Kier alpha value is 4.86. The zero-order chi connectivity index (χ0) is 15.8. The molecule has 0 heterocycles. The van der Waals surface area contributed by atoms with Crippen LogP contribution in [0.25, 0.3) is 0 Å². The van der Waals surface area contributed by atoms with Crippen LogP contribution in [-0.4, -0.2) is 60.6 Å². The van der Waals surface area contributed by atoms with Crippen molar-refractivity contribution in [3.63, 3.8) is 0 Å². The van der Waals surface area contributed by atoms with E-state index in [1.54, 1.807) is 0 Å². The van der Waals surface area contributed by atoms with Gasteiger partial charge in [-0.3, -0.25) is 9.11 Å². The molecule has 0 rings (SSSR count). The summed E-state index contributed by atoms with van der Waals surface area (Å²) in [5.74, 6) is 3.50. The normalized spacial score (nSPS) is 8.61. The monoisotopic (exact) mass is 528 g/mol. The predicted octanol–water partition coefficient (Wildman–Crippen LogP) is -15.6. The van der Waals surface area contributed by atoms with Crippen LogP contribution in [0.5, 0.6) is 0 Å². The van der Waals surface area contributed by atoms with E-state index >= 15 is 0 Å². The zero-order valence-corrected chi connectivity index (χ0v) is 26.4. The van der Waals surface area contributed by atoms with Gasteiger partial charge in [-0.15, -0.1) is 0 Å². The van der Waals surface area contributed by atoms with E-state index in [0.717, 1.165) is 0 Å². The van der Waals surface area contributed by atoms with Crippen LogP contribution >= 0.6 is 0 Å². The first-order chi connectivity index (χ1) is 8.08. The van der Waals surface area contributed by atoms with Crippen molar-refractivity contribution < 1.29 is 198 Å². The Morgan fingerprint density at radius 2 is 1.13 bits per heavy atom. The van der Waals surface area contributed by atoms with Crippen LogP contribution in [-0.2, 0) is 21.8 Å². The van der Waals surface area contributed by atoms with Gasteiger partial charge < -0.3 is 48.6 Å². The maximum absolute atomic E-state index is 8.74. The maximum atomic E-state index is 8.74. The minimum absolute atomic E-state index is 0. The predicted molar refractivity (Wildman–Crippen MR) is 65.2 cm³/mol. The molecule has 23 heavy (non-hydrogen) atoms. The summed E-state index contributed by atoms with van der Waals surface area (Å²) in [6.45, 7) is 10.1. The minimum atomic E-state index is -4.67. The molecule has 0 saturated heterocycles. The van der Waals surface area contributed by atoms with Gasteiger partial charge in [0, 0.05) is 0 Å². The van der Waals surface area contributed by atoms with Crippen molar-refractivity contribution in [3.8, 4) is 0 Å². The van der Waals surface area contributed by atoms with E-state index in [1.807, 2.05) is 0 Å². The summed E-state index contributed by atoms with van der Waals surface area (Å²) in [5, 5.41) is 6.50. The summed E-state index contributed by atoms with van der Waals surface area (Å²) in [7, 11) is -4.67. The second-order valence-corrected chi connectivity index (χ2v) is 3.61. The van der Waals surface area contributed by atoms with Gasteiger partial charge in [0.2, 0.25) is 0 Å². The first-order valence-corrected chi connectivity index (χ1v) is 6.97. The van der Waals surface area contributed by atoms with Crippen molar-refractivity contribution >= 4 is 21.8 Å². The molecule has 132 valence electrons. The van der Waals surface area contributed by atoms with E-state index in [9.17, 15) is 0 Å². The van der Waals surface area contributed by atoms with Crippen molar-refractivity contribution in [1.82, 2.24) is 4.90 Å². The van der Waals surface area contributed by atoms with Gasteiger partial charge in [-0.1, -0.05) is 20.8 Å². The SMILES string of the molecule is CCN(CC)CC.NO.O=S(=O)(O)O.O=S([O-])O.[Br-].[Cl-].[K+].[K+].[Na+]. The maximum Gasteiger partial charge on any atom is 1.00 e. The molecule has 0 saturated carbocycles. The van der Waals surface area contributed by atoms with Crippen molar-refractivity contribution in [2.24, 2.45) is 5.90 Å². The molecule has 0 aliphatic carbocycles. The molecule has 1 unspecified atom stereocenters. The molecule has 0 aromatic carbocycles. The molecule has 6 N–H and O–H groups in total. The van der Waals surface area contributed by atoms with Gasteiger partial charge in [-0.05, 0) is 19.6 Å². The smallest absolute Gasteiger partial charge is 1.00 e. The van der Waals surface area contributed by atoms with E-state index in [-0.39, 0.29) is 162 Å². The van der Waals surface area contributed by atoms with Crippen LogP contribution in [0.1, 0.15) is 20.8 Å². The fourth-order valence-electron chi connectivity index (χ4n) is 0.671. The van der Waals surface area contributed by atoms with Gasteiger partial charge >= 0.3 is 143 Å². The van der Waals surface area contributed by atoms with Gasteiger partial charge in [0.25, 0.3) is 0 Å². The number of rotatable bonds is 3. The molecule has 0 aromatic heterocycles. The summed E-state index contributed by atoms with van der Waals surface area (Å²) >= 11 is -2.86. The Morgan fingerprint density at radius 3 is 1.13 bits per heavy atom. The van der Waals surface area contributed by atoms with Crippen molar-refractivity contribution in [2.75, 3.05) is 19.6 Å². The number of halogens is 2. The first-order valence-electron chi connectivity index (χ1n) is 4.54. The van der Waals surface area contributed by atoms with Gasteiger partial charge in [-0.2, -0.15) is 8.42 Å². The van der Waals surface area contributed by atoms with Gasteiger partial charge in [0.05, 0.1) is 11.4 Å². The molecular formula is C6H21BrClK2N2NaO8S2. The van der Waals surface area contributed by atoms with E-state index in [2.05, 4.69) is 31.6 Å². The molecule has 0 radical (unpaired) electrons. The summed E-state index contributed by atoms with van der Waals surface area (Å²) in [5.41, 5.74) is 0. The third-order valence-corrected chi connectivity index (χ3v) is 1.34. The Balaban J connectivity index is -0.0000000161. The van der Waals surface area contributed by atoms with Crippen LogP contribution < -0.4 is 168 Å². The number of nitrogens with two attached hydrogens (primary N) is 1. The Labute approximate surface area is 264 Å². The Kier molecular flexibility index (Phi) is 112. The Bertz CT molecular complexity index is 264. The number of hydrogen-bond acceptors (Lipinski definition) is 7. The molecule has 17 heteroatoms. The average molecular weight is 530 g/mol. The Morgan fingerprint density at radius 1 is 1.04 bits per heavy atom. The number of hydrogen-bond donors (Lipinski definition) is 5. The van der Waals surface area contributed by atoms with Crippen LogP contribution in [0.3, 0.4) is 0 Å². The molecule has 0 spiro atoms. The van der Waals surface area contributed by atoms with Gasteiger partial charge in [0.1, 0.15) is 0 Å². The summed E-state index contributed by atoms with van der Waals surface area (Å²) in [6.07, 6.45) is 0. The van der Waals surface area contributed by atoms with Crippen molar-refractivity contribution in [2.45, 2.75) is 20.8 Å². The molecule has 0 aliphatic rings. The van der Waals surface area contributed by atoms with E-state index < -0.39 is 21.8 Å². The largest absolute Gasteiger partial charge is 1.00 e. The first kappa shape index (κ1) is 56.5. The summed E-state index contributed by atoms with van der Waals surface area (Å²) < 4.78 is 55.7. The molecular weight excluding hydrogens is 509 g/mol. The molecule has 0 bridgehead atoms.